The molecule has 0 unspecified atom stereocenters. The second-order valence-electron chi connectivity index (χ2n) is 5.55. The highest BCUT2D eigenvalue weighted by atomic mass is 16.6. The standard InChI is InChI=1S/C19H15N3O4/c23-15-9-5-13(6-10-15)19(14-7-11-16(24)12-8-14)21-20-17-3-1-2-4-18(17)22(25)26/h1-12,19,23-24H. The fraction of sp³-hybridized carbons (Fsp3) is 0.0526. The van der Waals surface area contributed by atoms with Gasteiger partial charge in [0.05, 0.1) is 4.92 Å². The predicted octanol–water partition coefficient (Wildman–Crippen LogP) is 4.88. The van der Waals surface area contributed by atoms with Gasteiger partial charge in [-0.15, -0.1) is 5.11 Å². The topological polar surface area (TPSA) is 108 Å². The predicted molar refractivity (Wildman–Crippen MR) is 95.7 cm³/mol. The van der Waals surface area contributed by atoms with Gasteiger partial charge < -0.3 is 10.2 Å². The van der Waals surface area contributed by atoms with Crippen molar-refractivity contribution in [2.75, 3.05) is 0 Å². The maximum absolute atomic E-state index is 11.1. The first kappa shape index (κ1) is 17.1. The average Bonchev–Trinajstić information content (AvgIpc) is 2.65. The van der Waals surface area contributed by atoms with Crippen LogP contribution in [-0.4, -0.2) is 15.1 Å². The molecular weight excluding hydrogens is 334 g/mol. The molecule has 0 spiro atoms. The molecule has 0 aromatic heterocycles. The Morgan fingerprint density at radius 3 is 1.81 bits per heavy atom. The smallest absolute Gasteiger partial charge is 0.296 e. The number of hydrogen-bond acceptors (Lipinski definition) is 6. The normalized spacial score (nSPS) is 11.1. The summed E-state index contributed by atoms with van der Waals surface area (Å²) in [6.45, 7) is 0. The molecule has 0 bridgehead atoms. The zero-order valence-corrected chi connectivity index (χ0v) is 13.6. The highest BCUT2D eigenvalue weighted by Gasteiger charge is 2.16. The average molecular weight is 349 g/mol. The van der Waals surface area contributed by atoms with Crippen molar-refractivity contribution in [2.45, 2.75) is 6.04 Å². The van der Waals surface area contributed by atoms with Gasteiger partial charge in [-0.1, -0.05) is 36.4 Å². The molecule has 0 radical (unpaired) electrons. The molecule has 0 saturated carbocycles. The van der Waals surface area contributed by atoms with Crippen molar-refractivity contribution in [1.29, 1.82) is 0 Å². The van der Waals surface area contributed by atoms with E-state index in [4.69, 9.17) is 0 Å². The molecule has 3 aromatic rings. The molecule has 130 valence electrons. The van der Waals surface area contributed by atoms with Gasteiger partial charge in [0.15, 0.2) is 5.69 Å². The molecule has 26 heavy (non-hydrogen) atoms. The molecule has 3 rings (SSSR count). The van der Waals surface area contributed by atoms with Crippen molar-refractivity contribution in [1.82, 2.24) is 0 Å². The maximum atomic E-state index is 11.1. The van der Waals surface area contributed by atoms with Gasteiger partial charge >= 0.3 is 0 Å². The van der Waals surface area contributed by atoms with Crippen LogP contribution in [0.25, 0.3) is 0 Å². The quantitative estimate of drug-likeness (QED) is 0.389. The minimum absolute atomic E-state index is 0.119. The third-order valence-electron chi connectivity index (χ3n) is 3.78. The summed E-state index contributed by atoms with van der Waals surface area (Å²) in [5.41, 5.74) is 1.51. The summed E-state index contributed by atoms with van der Waals surface area (Å²) in [5, 5.41) is 38.5. The monoisotopic (exact) mass is 349 g/mol. The van der Waals surface area contributed by atoms with E-state index in [0.717, 1.165) is 11.1 Å². The first-order valence-electron chi connectivity index (χ1n) is 7.77. The van der Waals surface area contributed by atoms with Crippen LogP contribution in [0.3, 0.4) is 0 Å². The number of azo groups is 1. The van der Waals surface area contributed by atoms with E-state index in [-0.39, 0.29) is 22.9 Å². The summed E-state index contributed by atoms with van der Waals surface area (Å²) in [7, 11) is 0. The van der Waals surface area contributed by atoms with Gasteiger partial charge in [-0.2, -0.15) is 5.11 Å². The van der Waals surface area contributed by atoms with Crippen molar-refractivity contribution >= 4 is 11.4 Å². The molecule has 0 heterocycles. The van der Waals surface area contributed by atoms with E-state index in [1.54, 1.807) is 36.4 Å². The minimum atomic E-state index is -0.545. The number of nitro groups is 1. The molecule has 0 amide bonds. The van der Waals surface area contributed by atoms with Crippen molar-refractivity contribution in [3.63, 3.8) is 0 Å². The summed E-state index contributed by atoms with van der Waals surface area (Å²) in [6.07, 6.45) is 0. The SMILES string of the molecule is O=[N+]([O-])c1ccccc1N=NC(c1ccc(O)cc1)c1ccc(O)cc1. The summed E-state index contributed by atoms with van der Waals surface area (Å²) in [4.78, 5) is 10.6. The molecule has 0 aliphatic heterocycles. The number of rotatable bonds is 5. The van der Waals surface area contributed by atoms with Crippen LogP contribution in [-0.2, 0) is 0 Å². The second kappa shape index (κ2) is 7.43. The van der Waals surface area contributed by atoms with Crippen LogP contribution < -0.4 is 0 Å². The van der Waals surface area contributed by atoms with Gasteiger partial charge in [0.25, 0.3) is 5.69 Å². The Labute approximate surface area is 149 Å². The lowest BCUT2D eigenvalue weighted by atomic mass is 9.99. The van der Waals surface area contributed by atoms with Crippen LogP contribution in [0, 0.1) is 10.1 Å². The Hall–Kier alpha value is -3.74. The summed E-state index contributed by atoms with van der Waals surface area (Å²) >= 11 is 0. The fourth-order valence-electron chi connectivity index (χ4n) is 2.46. The maximum Gasteiger partial charge on any atom is 0.296 e. The Morgan fingerprint density at radius 2 is 1.31 bits per heavy atom. The molecule has 0 saturated heterocycles. The number of phenols is 2. The molecule has 3 aromatic carbocycles. The number of benzene rings is 3. The lowest BCUT2D eigenvalue weighted by Crippen LogP contribution is -1.97. The summed E-state index contributed by atoms with van der Waals surface area (Å²) in [5.74, 6) is 0.239. The van der Waals surface area contributed by atoms with Crippen LogP contribution >= 0.6 is 0 Å². The van der Waals surface area contributed by atoms with Crippen LogP contribution in [0.2, 0.25) is 0 Å². The zero-order chi connectivity index (χ0) is 18.5. The van der Waals surface area contributed by atoms with E-state index in [0.29, 0.717) is 0 Å². The zero-order valence-electron chi connectivity index (χ0n) is 13.6. The van der Waals surface area contributed by atoms with Crippen molar-refractivity contribution in [2.24, 2.45) is 10.2 Å². The van der Waals surface area contributed by atoms with E-state index in [9.17, 15) is 20.3 Å². The minimum Gasteiger partial charge on any atom is -0.508 e. The molecule has 0 fully saturated rings. The number of nitro benzene ring substituents is 1. The van der Waals surface area contributed by atoms with Crippen LogP contribution in [0.1, 0.15) is 17.2 Å². The first-order valence-corrected chi connectivity index (χ1v) is 7.77. The Kier molecular flexibility index (Phi) is 4.89. The van der Waals surface area contributed by atoms with Gasteiger partial charge in [0, 0.05) is 6.07 Å². The highest BCUT2D eigenvalue weighted by molar-refractivity contribution is 5.56. The Morgan fingerprint density at radius 1 is 0.808 bits per heavy atom. The molecule has 7 heteroatoms. The molecular formula is C19H15N3O4. The van der Waals surface area contributed by atoms with Crippen molar-refractivity contribution in [3.8, 4) is 11.5 Å². The summed E-state index contributed by atoms with van der Waals surface area (Å²) < 4.78 is 0. The van der Waals surface area contributed by atoms with E-state index >= 15 is 0 Å². The third-order valence-corrected chi connectivity index (χ3v) is 3.78. The number of nitrogens with zero attached hydrogens (tertiary/aromatic N) is 3. The largest absolute Gasteiger partial charge is 0.508 e. The van der Waals surface area contributed by atoms with Crippen molar-refractivity contribution < 1.29 is 15.1 Å². The van der Waals surface area contributed by atoms with E-state index in [2.05, 4.69) is 10.2 Å². The van der Waals surface area contributed by atoms with E-state index in [1.165, 1.54) is 36.4 Å². The lowest BCUT2D eigenvalue weighted by Gasteiger charge is -2.12. The fourth-order valence-corrected chi connectivity index (χ4v) is 2.46. The number of aromatic hydroxyl groups is 2. The molecule has 7 nitrogen and oxygen atoms in total. The third kappa shape index (κ3) is 3.84. The number of para-hydroxylation sites is 1. The molecule has 0 aliphatic carbocycles. The number of phenolic OH excluding ortho intramolecular Hbond substituents is 2. The van der Waals surface area contributed by atoms with Gasteiger partial charge in [-0.3, -0.25) is 10.1 Å². The second-order valence-corrected chi connectivity index (χ2v) is 5.55. The molecule has 2 N–H and O–H groups in total. The lowest BCUT2D eigenvalue weighted by molar-refractivity contribution is -0.384. The van der Waals surface area contributed by atoms with Gasteiger partial charge in [-0.05, 0) is 41.5 Å². The van der Waals surface area contributed by atoms with Gasteiger partial charge in [0.1, 0.15) is 17.5 Å². The number of hydrogen-bond donors (Lipinski definition) is 2. The van der Waals surface area contributed by atoms with E-state index in [1.807, 2.05) is 0 Å². The van der Waals surface area contributed by atoms with Crippen LogP contribution in [0.4, 0.5) is 11.4 Å². The highest BCUT2D eigenvalue weighted by Crippen LogP contribution is 2.32. The van der Waals surface area contributed by atoms with Crippen LogP contribution in [0.15, 0.2) is 83.0 Å². The van der Waals surface area contributed by atoms with Gasteiger partial charge in [0.2, 0.25) is 0 Å². The summed E-state index contributed by atoms with van der Waals surface area (Å²) in [6, 6.07) is 18.5. The molecule has 0 aliphatic rings. The first-order chi connectivity index (χ1) is 12.5. The van der Waals surface area contributed by atoms with Gasteiger partial charge in [-0.25, -0.2) is 0 Å². The molecule has 0 atom stereocenters. The van der Waals surface area contributed by atoms with Crippen LogP contribution in [0.5, 0.6) is 11.5 Å². The Balaban J connectivity index is 2.02. The van der Waals surface area contributed by atoms with Crippen molar-refractivity contribution in [3.05, 3.63) is 94.0 Å². The van der Waals surface area contributed by atoms with E-state index < -0.39 is 11.0 Å². The Bertz CT molecular complexity index is 892.